The van der Waals surface area contributed by atoms with Crippen molar-refractivity contribution < 1.29 is 9.59 Å². The number of aromatic nitrogens is 1. The Bertz CT molecular complexity index is 493. The fourth-order valence-corrected chi connectivity index (χ4v) is 2.43. The van der Waals surface area contributed by atoms with E-state index >= 15 is 0 Å². The van der Waals surface area contributed by atoms with Crippen LogP contribution in [-0.4, -0.2) is 41.3 Å². The molecule has 1 aliphatic rings. The van der Waals surface area contributed by atoms with Crippen LogP contribution in [0.25, 0.3) is 0 Å². The van der Waals surface area contributed by atoms with E-state index in [1.165, 1.54) is 0 Å². The maximum Gasteiger partial charge on any atom is 0.236 e. The summed E-state index contributed by atoms with van der Waals surface area (Å²) in [6.07, 6.45) is 2.96. The van der Waals surface area contributed by atoms with E-state index in [1.807, 2.05) is 6.07 Å². The minimum atomic E-state index is -0.0812. The van der Waals surface area contributed by atoms with Crippen LogP contribution in [-0.2, 0) is 9.59 Å². The van der Waals surface area contributed by atoms with Crippen LogP contribution in [0.5, 0.6) is 0 Å². The van der Waals surface area contributed by atoms with Gasteiger partial charge in [0, 0.05) is 29.7 Å². The molecule has 1 saturated heterocycles. The molecule has 22 heavy (non-hydrogen) atoms. The summed E-state index contributed by atoms with van der Waals surface area (Å²) in [6.45, 7) is 1.20. The Hall–Kier alpha value is -0.890. The summed E-state index contributed by atoms with van der Waals surface area (Å²) in [4.78, 5) is 29.4. The van der Waals surface area contributed by atoms with Gasteiger partial charge in [0.2, 0.25) is 11.8 Å². The summed E-state index contributed by atoms with van der Waals surface area (Å²) in [5, 5.41) is 2.80. The Morgan fingerprint density at radius 1 is 1.32 bits per heavy atom. The molecule has 1 aromatic heterocycles. The number of anilines is 1. The maximum atomic E-state index is 12.1. The smallest absolute Gasteiger partial charge is 0.236 e. The quantitative estimate of drug-likeness (QED) is 0.790. The van der Waals surface area contributed by atoms with E-state index in [9.17, 15) is 9.59 Å². The fraction of sp³-hybridized carbons (Fsp3) is 0.462. The van der Waals surface area contributed by atoms with Gasteiger partial charge in [0.15, 0.2) is 0 Å². The van der Waals surface area contributed by atoms with Crippen molar-refractivity contribution in [2.24, 2.45) is 11.7 Å². The third-order valence-electron chi connectivity index (χ3n) is 3.37. The molecule has 0 unspecified atom stereocenters. The summed E-state index contributed by atoms with van der Waals surface area (Å²) < 4.78 is 0.865. The van der Waals surface area contributed by atoms with Crippen LogP contribution in [0.3, 0.4) is 0 Å². The average Bonchev–Trinajstić information content (AvgIpc) is 2.49. The van der Waals surface area contributed by atoms with Crippen LogP contribution in [0.15, 0.2) is 22.8 Å². The van der Waals surface area contributed by atoms with Crippen molar-refractivity contribution >= 4 is 58.4 Å². The summed E-state index contributed by atoms with van der Waals surface area (Å²) >= 11 is 3.29. The van der Waals surface area contributed by atoms with Gasteiger partial charge in [-0.25, -0.2) is 4.98 Å². The monoisotopic (exact) mass is 412 g/mol. The summed E-state index contributed by atoms with van der Waals surface area (Å²) in [6, 6.07) is 3.57. The van der Waals surface area contributed by atoms with Crippen LogP contribution in [0, 0.1) is 5.92 Å². The molecule has 0 spiro atoms. The highest BCUT2D eigenvalue weighted by Crippen LogP contribution is 2.19. The number of nitrogens with zero attached hydrogens (tertiary/aromatic N) is 2. The number of likely N-dealkylation sites (tertiary alicyclic amines) is 1. The molecule has 2 rings (SSSR count). The predicted molar refractivity (Wildman–Crippen MR) is 93.4 cm³/mol. The first-order valence-corrected chi connectivity index (χ1v) is 7.29. The number of nitrogens with two attached hydrogens (primary N) is 1. The van der Waals surface area contributed by atoms with Gasteiger partial charge in [0.25, 0.3) is 0 Å². The minimum absolute atomic E-state index is 0. The van der Waals surface area contributed by atoms with E-state index in [2.05, 4.69) is 26.2 Å². The molecule has 0 aromatic carbocycles. The number of amides is 2. The van der Waals surface area contributed by atoms with Crippen molar-refractivity contribution in [3.05, 3.63) is 22.8 Å². The predicted octanol–water partition coefficient (Wildman–Crippen LogP) is 1.82. The fourth-order valence-electron chi connectivity index (χ4n) is 2.20. The molecule has 1 fully saturated rings. The van der Waals surface area contributed by atoms with Crippen molar-refractivity contribution in [3.63, 3.8) is 0 Å². The van der Waals surface area contributed by atoms with E-state index in [-0.39, 0.29) is 49.1 Å². The molecule has 1 aliphatic heterocycles. The average molecular weight is 414 g/mol. The first kappa shape index (κ1) is 21.1. The second-order valence-corrected chi connectivity index (χ2v) is 5.63. The highest BCUT2D eigenvalue weighted by Gasteiger charge is 2.26. The Morgan fingerprint density at radius 3 is 2.45 bits per heavy atom. The number of nitrogens with one attached hydrogen (secondary N) is 1. The number of pyridine rings is 1. The molecule has 124 valence electrons. The normalized spacial score (nSPS) is 14.5. The van der Waals surface area contributed by atoms with Crippen LogP contribution >= 0.6 is 40.7 Å². The number of hydrogen-bond acceptors (Lipinski definition) is 4. The van der Waals surface area contributed by atoms with Crippen molar-refractivity contribution in [1.29, 1.82) is 0 Å². The number of carbonyl (C=O) groups excluding carboxylic acids is 2. The Morgan fingerprint density at radius 2 is 1.95 bits per heavy atom. The van der Waals surface area contributed by atoms with E-state index in [0.717, 1.165) is 4.47 Å². The molecule has 1 aromatic rings. The third-order valence-corrected chi connectivity index (χ3v) is 3.84. The summed E-state index contributed by atoms with van der Waals surface area (Å²) in [5.41, 5.74) is 5.33. The highest BCUT2D eigenvalue weighted by atomic mass is 79.9. The zero-order chi connectivity index (χ0) is 14.5. The van der Waals surface area contributed by atoms with Gasteiger partial charge < -0.3 is 16.0 Å². The molecular formula is C13H19BrCl2N4O2. The highest BCUT2D eigenvalue weighted by molar-refractivity contribution is 9.10. The molecule has 0 saturated carbocycles. The lowest BCUT2D eigenvalue weighted by atomic mass is 9.96. The van der Waals surface area contributed by atoms with Crippen LogP contribution < -0.4 is 11.1 Å². The summed E-state index contributed by atoms with van der Waals surface area (Å²) in [7, 11) is 0. The number of hydrogen-bond donors (Lipinski definition) is 2. The molecule has 0 aliphatic carbocycles. The molecule has 0 bridgehead atoms. The van der Waals surface area contributed by atoms with Gasteiger partial charge >= 0.3 is 0 Å². The summed E-state index contributed by atoms with van der Waals surface area (Å²) in [5.74, 6) is 0.360. The largest absolute Gasteiger partial charge is 0.342 e. The molecule has 9 heteroatoms. The van der Waals surface area contributed by atoms with Crippen molar-refractivity contribution in [1.82, 2.24) is 9.88 Å². The SMILES string of the molecule is Cl.Cl.NCC(=O)N1CCC(C(=O)Nc2ccc(Br)cn2)CC1. The molecule has 3 N–H and O–H groups in total. The van der Waals surface area contributed by atoms with Gasteiger partial charge in [0.1, 0.15) is 5.82 Å². The van der Waals surface area contributed by atoms with Crippen molar-refractivity contribution in [2.45, 2.75) is 12.8 Å². The number of piperidine rings is 1. The standard InChI is InChI=1S/C13H17BrN4O2.2ClH/c14-10-1-2-11(16-8-10)17-13(20)9-3-5-18(6-4-9)12(19)7-15;;/h1-2,8-9H,3-7,15H2,(H,16,17,20);2*1H. The van der Waals surface area contributed by atoms with Gasteiger partial charge in [-0.15, -0.1) is 24.8 Å². The van der Waals surface area contributed by atoms with E-state index in [4.69, 9.17) is 5.73 Å². The zero-order valence-electron chi connectivity index (χ0n) is 11.8. The number of carbonyl (C=O) groups is 2. The first-order chi connectivity index (χ1) is 9.60. The van der Waals surface area contributed by atoms with E-state index < -0.39 is 0 Å². The van der Waals surface area contributed by atoms with Gasteiger partial charge in [-0.2, -0.15) is 0 Å². The van der Waals surface area contributed by atoms with Crippen molar-refractivity contribution in [3.8, 4) is 0 Å². The topological polar surface area (TPSA) is 88.3 Å². The van der Waals surface area contributed by atoms with Gasteiger partial charge in [0.05, 0.1) is 6.54 Å². The number of rotatable bonds is 3. The van der Waals surface area contributed by atoms with Crippen molar-refractivity contribution in [2.75, 3.05) is 25.0 Å². The lowest BCUT2D eigenvalue weighted by Crippen LogP contribution is -2.43. The lowest BCUT2D eigenvalue weighted by Gasteiger charge is -2.31. The van der Waals surface area contributed by atoms with Gasteiger partial charge in [-0.3, -0.25) is 9.59 Å². The van der Waals surface area contributed by atoms with Crippen LogP contribution in [0.4, 0.5) is 5.82 Å². The number of halogens is 3. The first-order valence-electron chi connectivity index (χ1n) is 6.50. The van der Waals surface area contributed by atoms with Crippen LogP contribution in [0.2, 0.25) is 0 Å². The molecule has 2 amide bonds. The molecule has 6 nitrogen and oxygen atoms in total. The Labute approximate surface area is 150 Å². The molecule has 0 atom stereocenters. The second kappa shape index (κ2) is 9.99. The Kier molecular flexibility index (Phi) is 9.59. The molecular weight excluding hydrogens is 395 g/mol. The maximum absolute atomic E-state index is 12.1. The molecule has 0 radical (unpaired) electrons. The minimum Gasteiger partial charge on any atom is -0.342 e. The van der Waals surface area contributed by atoms with Crippen LogP contribution in [0.1, 0.15) is 12.8 Å². The van der Waals surface area contributed by atoms with Gasteiger partial charge in [-0.05, 0) is 40.9 Å². The second-order valence-electron chi connectivity index (χ2n) is 4.71. The van der Waals surface area contributed by atoms with Gasteiger partial charge in [-0.1, -0.05) is 0 Å². The van der Waals surface area contributed by atoms with E-state index in [1.54, 1.807) is 17.2 Å². The lowest BCUT2D eigenvalue weighted by molar-refractivity contribution is -0.133. The Balaban J connectivity index is 0.00000220. The molecule has 2 heterocycles. The van der Waals surface area contributed by atoms with E-state index in [0.29, 0.717) is 31.7 Å². The third kappa shape index (κ3) is 5.72. The zero-order valence-corrected chi connectivity index (χ0v) is 15.0.